The van der Waals surface area contributed by atoms with Crippen molar-refractivity contribution in [2.75, 3.05) is 18.4 Å². The number of halogens is 3. The lowest BCUT2D eigenvalue weighted by Crippen LogP contribution is -2.41. The SMILES string of the molecule is Cc1nc(C2CCCN(C(=O)Nc3ccc(SC(F)(F)F)cc3)C2)n[nH]1. The molecule has 1 fully saturated rings. The summed E-state index contributed by atoms with van der Waals surface area (Å²) in [5.74, 6) is 1.51. The number of alkyl halides is 3. The number of nitrogens with one attached hydrogen (secondary N) is 2. The first-order valence-corrected chi connectivity index (χ1v) is 8.92. The van der Waals surface area contributed by atoms with Crippen molar-refractivity contribution in [2.45, 2.75) is 36.1 Å². The number of urea groups is 1. The number of aromatic amines is 1. The van der Waals surface area contributed by atoms with E-state index in [-0.39, 0.29) is 28.6 Å². The zero-order chi connectivity index (χ0) is 18.7. The van der Waals surface area contributed by atoms with Crippen molar-refractivity contribution >= 4 is 23.5 Å². The molecule has 1 unspecified atom stereocenters. The number of thioether (sulfide) groups is 1. The highest BCUT2D eigenvalue weighted by molar-refractivity contribution is 8.00. The van der Waals surface area contributed by atoms with E-state index in [0.717, 1.165) is 18.7 Å². The Balaban J connectivity index is 1.59. The van der Waals surface area contributed by atoms with Gasteiger partial charge < -0.3 is 10.2 Å². The Bertz CT molecular complexity index is 762. The van der Waals surface area contributed by atoms with E-state index in [1.165, 1.54) is 24.3 Å². The molecule has 3 rings (SSSR count). The largest absolute Gasteiger partial charge is 0.446 e. The molecule has 26 heavy (non-hydrogen) atoms. The number of hydrogen-bond donors (Lipinski definition) is 2. The van der Waals surface area contributed by atoms with Crippen LogP contribution in [0.4, 0.5) is 23.7 Å². The highest BCUT2D eigenvalue weighted by atomic mass is 32.2. The zero-order valence-electron chi connectivity index (χ0n) is 14.0. The van der Waals surface area contributed by atoms with Crippen LogP contribution in [-0.2, 0) is 0 Å². The Hall–Kier alpha value is -2.23. The number of carbonyl (C=O) groups excluding carboxylic acids is 1. The van der Waals surface area contributed by atoms with E-state index in [1.807, 2.05) is 6.92 Å². The molecule has 10 heteroatoms. The maximum Gasteiger partial charge on any atom is 0.446 e. The van der Waals surface area contributed by atoms with Gasteiger partial charge in [0.1, 0.15) is 5.82 Å². The molecule has 140 valence electrons. The number of nitrogens with zero attached hydrogens (tertiary/aromatic N) is 3. The quantitative estimate of drug-likeness (QED) is 0.779. The van der Waals surface area contributed by atoms with Gasteiger partial charge in [-0.3, -0.25) is 5.10 Å². The number of aromatic nitrogens is 3. The van der Waals surface area contributed by atoms with Crippen molar-refractivity contribution in [1.29, 1.82) is 0 Å². The highest BCUT2D eigenvalue weighted by Gasteiger charge is 2.29. The summed E-state index contributed by atoms with van der Waals surface area (Å²) in [7, 11) is 0. The van der Waals surface area contributed by atoms with Gasteiger partial charge in [0.25, 0.3) is 0 Å². The average Bonchev–Trinajstić information content (AvgIpc) is 3.02. The molecule has 2 N–H and O–H groups in total. The van der Waals surface area contributed by atoms with Gasteiger partial charge in [-0.15, -0.1) is 0 Å². The van der Waals surface area contributed by atoms with E-state index >= 15 is 0 Å². The summed E-state index contributed by atoms with van der Waals surface area (Å²) in [6.07, 6.45) is 1.75. The van der Waals surface area contributed by atoms with E-state index in [2.05, 4.69) is 20.5 Å². The number of aryl methyl sites for hydroxylation is 1. The summed E-state index contributed by atoms with van der Waals surface area (Å²) in [6, 6.07) is 5.32. The fourth-order valence-corrected chi connectivity index (χ4v) is 3.40. The third-order valence-corrected chi connectivity index (χ3v) is 4.77. The topological polar surface area (TPSA) is 73.9 Å². The van der Waals surface area contributed by atoms with Gasteiger partial charge in [0.15, 0.2) is 5.82 Å². The van der Waals surface area contributed by atoms with Gasteiger partial charge in [-0.05, 0) is 55.8 Å². The van der Waals surface area contributed by atoms with E-state index in [9.17, 15) is 18.0 Å². The Morgan fingerprint density at radius 2 is 2.08 bits per heavy atom. The molecule has 2 aromatic rings. The predicted octanol–water partition coefficient (Wildman–Crippen LogP) is 4.14. The lowest BCUT2D eigenvalue weighted by Gasteiger charge is -2.31. The summed E-state index contributed by atoms with van der Waals surface area (Å²) in [4.78, 5) is 18.5. The van der Waals surface area contributed by atoms with E-state index in [0.29, 0.717) is 24.6 Å². The maximum absolute atomic E-state index is 12.4. The molecule has 0 radical (unpaired) electrons. The molecular formula is C16H18F3N5OS. The Labute approximate surface area is 152 Å². The molecule has 1 aliphatic rings. The van der Waals surface area contributed by atoms with Gasteiger partial charge in [0, 0.05) is 29.6 Å². The van der Waals surface area contributed by atoms with Crippen molar-refractivity contribution in [2.24, 2.45) is 0 Å². The van der Waals surface area contributed by atoms with Crippen LogP contribution in [0.2, 0.25) is 0 Å². The molecule has 1 saturated heterocycles. The van der Waals surface area contributed by atoms with Gasteiger partial charge in [0.05, 0.1) is 0 Å². The summed E-state index contributed by atoms with van der Waals surface area (Å²) in [5.41, 5.74) is -3.87. The van der Waals surface area contributed by atoms with Gasteiger partial charge >= 0.3 is 11.5 Å². The van der Waals surface area contributed by atoms with Crippen LogP contribution >= 0.6 is 11.8 Å². The lowest BCUT2D eigenvalue weighted by molar-refractivity contribution is -0.0328. The molecule has 0 spiro atoms. The number of benzene rings is 1. The number of H-pyrrole nitrogens is 1. The molecule has 1 aliphatic heterocycles. The number of carbonyl (C=O) groups is 1. The monoisotopic (exact) mass is 385 g/mol. The second-order valence-electron chi connectivity index (χ2n) is 6.07. The van der Waals surface area contributed by atoms with Gasteiger partial charge in [-0.2, -0.15) is 18.3 Å². The second kappa shape index (κ2) is 7.56. The smallest absolute Gasteiger partial charge is 0.324 e. The Morgan fingerprint density at radius 1 is 1.35 bits per heavy atom. The Morgan fingerprint density at radius 3 is 2.69 bits per heavy atom. The standard InChI is InChI=1S/C16H18F3N5OS/c1-10-20-14(23-22-10)11-3-2-8-24(9-11)15(25)21-12-4-6-13(7-5-12)26-16(17,18)19/h4-7,11H,2-3,8-9H2,1H3,(H,21,25)(H,20,22,23). The Kier molecular flexibility index (Phi) is 5.40. The molecule has 1 atom stereocenters. The number of amides is 2. The van der Waals surface area contributed by atoms with Crippen molar-refractivity contribution in [3.8, 4) is 0 Å². The first-order chi connectivity index (χ1) is 12.3. The third kappa shape index (κ3) is 4.90. The predicted molar refractivity (Wildman–Crippen MR) is 92.0 cm³/mol. The molecule has 6 nitrogen and oxygen atoms in total. The molecule has 0 saturated carbocycles. The number of likely N-dealkylation sites (tertiary alicyclic amines) is 1. The van der Waals surface area contributed by atoms with Gasteiger partial charge in [0.2, 0.25) is 0 Å². The summed E-state index contributed by atoms with van der Waals surface area (Å²) in [6.45, 7) is 2.95. The van der Waals surface area contributed by atoms with Crippen LogP contribution in [0.5, 0.6) is 0 Å². The number of hydrogen-bond acceptors (Lipinski definition) is 4. The lowest BCUT2D eigenvalue weighted by atomic mass is 9.98. The van der Waals surface area contributed by atoms with Crippen LogP contribution in [0.15, 0.2) is 29.2 Å². The van der Waals surface area contributed by atoms with Crippen LogP contribution in [0.25, 0.3) is 0 Å². The molecule has 0 aliphatic carbocycles. The minimum absolute atomic E-state index is 0.0741. The van der Waals surface area contributed by atoms with Crippen LogP contribution in [0, 0.1) is 6.92 Å². The summed E-state index contributed by atoms with van der Waals surface area (Å²) in [5, 5.41) is 9.70. The highest BCUT2D eigenvalue weighted by Crippen LogP contribution is 2.37. The number of piperidine rings is 1. The molecule has 1 aromatic carbocycles. The molecule has 0 bridgehead atoms. The molecule has 1 aromatic heterocycles. The first-order valence-electron chi connectivity index (χ1n) is 8.11. The minimum Gasteiger partial charge on any atom is -0.324 e. The normalized spacial score (nSPS) is 18.0. The van der Waals surface area contributed by atoms with Crippen LogP contribution in [0.3, 0.4) is 0 Å². The van der Waals surface area contributed by atoms with Crippen molar-refractivity contribution in [3.05, 3.63) is 35.9 Å². The van der Waals surface area contributed by atoms with Crippen LogP contribution < -0.4 is 5.32 Å². The molecular weight excluding hydrogens is 367 g/mol. The average molecular weight is 385 g/mol. The number of anilines is 1. The van der Waals surface area contributed by atoms with Gasteiger partial charge in [-0.1, -0.05) is 0 Å². The van der Waals surface area contributed by atoms with E-state index in [1.54, 1.807) is 4.90 Å². The van der Waals surface area contributed by atoms with E-state index < -0.39 is 5.51 Å². The van der Waals surface area contributed by atoms with E-state index in [4.69, 9.17) is 0 Å². The van der Waals surface area contributed by atoms with Crippen LogP contribution in [-0.4, -0.2) is 44.7 Å². The fraction of sp³-hybridized carbons (Fsp3) is 0.438. The molecule has 2 heterocycles. The summed E-state index contributed by atoms with van der Waals surface area (Å²) < 4.78 is 37.0. The number of rotatable bonds is 3. The van der Waals surface area contributed by atoms with Crippen LogP contribution in [0.1, 0.15) is 30.4 Å². The van der Waals surface area contributed by atoms with Crippen molar-refractivity contribution < 1.29 is 18.0 Å². The van der Waals surface area contributed by atoms with Gasteiger partial charge in [-0.25, -0.2) is 9.78 Å². The zero-order valence-corrected chi connectivity index (χ0v) is 14.8. The second-order valence-corrected chi connectivity index (χ2v) is 7.20. The van der Waals surface area contributed by atoms with Crippen molar-refractivity contribution in [3.63, 3.8) is 0 Å². The fourth-order valence-electron chi connectivity index (χ4n) is 2.86. The maximum atomic E-state index is 12.4. The minimum atomic E-state index is -4.33. The first kappa shape index (κ1) is 18.6. The third-order valence-electron chi connectivity index (χ3n) is 4.03. The summed E-state index contributed by atoms with van der Waals surface area (Å²) >= 11 is -0.184. The molecule has 2 amide bonds. The van der Waals surface area contributed by atoms with Crippen molar-refractivity contribution in [1.82, 2.24) is 20.1 Å².